The van der Waals surface area contributed by atoms with Crippen LogP contribution in [0, 0.1) is 40.8 Å². The molecule has 3 saturated carbocycles. The number of allylic oxidation sites excluding steroid dienone is 6. The third-order valence-electron chi connectivity index (χ3n) is 12.8. The number of hydrogen-bond donors (Lipinski definition) is 2. The molecule has 2 aromatic carbocycles. The minimum absolute atomic E-state index is 0.0718. The highest BCUT2D eigenvalue weighted by molar-refractivity contribution is 5.47. The summed E-state index contributed by atoms with van der Waals surface area (Å²) >= 11 is 0. The Morgan fingerprint density at radius 3 is 2.26 bits per heavy atom. The summed E-state index contributed by atoms with van der Waals surface area (Å²) < 4.78 is 13.8. The molecule has 3 fully saturated rings. The van der Waals surface area contributed by atoms with Gasteiger partial charge in [0.15, 0.2) is 0 Å². The summed E-state index contributed by atoms with van der Waals surface area (Å²) in [5.41, 5.74) is 21.7. The van der Waals surface area contributed by atoms with Crippen LogP contribution in [0.1, 0.15) is 122 Å². The topological polar surface area (TPSA) is 52.0 Å². The van der Waals surface area contributed by atoms with Gasteiger partial charge < -0.3 is 11.5 Å². The first kappa shape index (κ1) is 36.1. The summed E-state index contributed by atoms with van der Waals surface area (Å²) in [4.78, 5) is 0. The second kappa shape index (κ2) is 13.8. The zero-order chi connectivity index (χ0) is 34.1. The zero-order valence-electron chi connectivity index (χ0n) is 30.1. The van der Waals surface area contributed by atoms with E-state index in [-0.39, 0.29) is 28.2 Å². The van der Waals surface area contributed by atoms with Gasteiger partial charge in [-0.25, -0.2) is 4.39 Å². The fourth-order valence-electron chi connectivity index (χ4n) is 9.68. The molecule has 3 heteroatoms. The summed E-state index contributed by atoms with van der Waals surface area (Å²) in [6.07, 6.45) is 16.2. The van der Waals surface area contributed by atoms with Crippen LogP contribution in [0.5, 0.6) is 0 Å². The molecule has 4 aliphatic carbocycles. The number of halogens is 1. The number of nitrogens with two attached hydrogens (primary N) is 2. The second-order valence-corrected chi connectivity index (χ2v) is 15.2. The molecule has 6 rings (SSSR count). The largest absolute Gasteiger partial charge is 0.324 e. The monoisotopic (exact) mass is 624 g/mol. The predicted molar refractivity (Wildman–Crippen MR) is 196 cm³/mol. The van der Waals surface area contributed by atoms with E-state index in [0.29, 0.717) is 22.8 Å². The van der Waals surface area contributed by atoms with Crippen LogP contribution >= 0.6 is 0 Å². The van der Waals surface area contributed by atoms with Crippen molar-refractivity contribution in [2.75, 3.05) is 0 Å². The molecule has 2 nitrogen and oxygen atoms in total. The Morgan fingerprint density at radius 2 is 1.65 bits per heavy atom. The van der Waals surface area contributed by atoms with Crippen molar-refractivity contribution in [3.05, 3.63) is 119 Å². The Kier molecular flexibility index (Phi) is 10.8. The maximum Gasteiger partial charge on any atom is 0.128 e. The first-order valence-corrected chi connectivity index (χ1v) is 17.8. The third kappa shape index (κ3) is 6.15. The second-order valence-electron chi connectivity index (χ2n) is 15.2. The molecule has 4 aliphatic rings. The Morgan fingerprint density at radius 1 is 1.00 bits per heavy atom. The van der Waals surface area contributed by atoms with Crippen molar-refractivity contribution in [1.29, 1.82) is 0 Å². The predicted octanol–water partition coefficient (Wildman–Crippen LogP) is 11.1. The van der Waals surface area contributed by atoms with Crippen molar-refractivity contribution in [3.63, 3.8) is 0 Å². The zero-order valence-corrected chi connectivity index (χ0v) is 30.1. The molecule has 46 heavy (non-hydrogen) atoms. The van der Waals surface area contributed by atoms with Gasteiger partial charge in [0.1, 0.15) is 5.82 Å². The first-order chi connectivity index (χ1) is 21.7. The molecule has 0 aromatic heterocycles. The molecule has 0 saturated heterocycles. The van der Waals surface area contributed by atoms with Gasteiger partial charge in [-0.2, -0.15) is 0 Å². The van der Waals surface area contributed by atoms with Crippen LogP contribution < -0.4 is 11.5 Å². The number of benzene rings is 2. The van der Waals surface area contributed by atoms with Gasteiger partial charge in [-0.1, -0.05) is 126 Å². The molecule has 0 amide bonds. The molecule has 0 aliphatic heterocycles. The highest BCUT2D eigenvalue weighted by Crippen LogP contribution is 2.72. The molecular formula is C43H61FN2. The highest BCUT2D eigenvalue weighted by atomic mass is 19.1. The van der Waals surface area contributed by atoms with E-state index in [1.165, 1.54) is 42.4 Å². The highest BCUT2D eigenvalue weighted by Gasteiger charge is 2.69. The minimum atomic E-state index is -0.265. The van der Waals surface area contributed by atoms with E-state index >= 15 is 0 Å². The van der Waals surface area contributed by atoms with Crippen LogP contribution in [-0.2, 0) is 6.42 Å². The van der Waals surface area contributed by atoms with Gasteiger partial charge in [-0.3, -0.25) is 0 Å². The molecule has 7 unspecified atom stereocenters. The van der Waals surface area contributed by atoms with Crippen molar-refractivity contribution in [2.45, 2.75) is 118 Å². The Bertz CT molecular complexity index is 1480. The summed E-state index contributed by atoms with van der Waals surface area (Å²) in [7, 11) is 0. The molecule has 4 N–H and O–H groups in total. The van der Waals surface area contributed by atoms with Crippen LogP contribution in [-0.4, -0.2) is 5.54 Å². The fraction of sp³-hybridized carbons (Fsp3) is 0.535. The van der Waals surface area contributed by atoms with E-state index in [4.69, 9.17) is 11.5 Å². The number of aryl methyl sites for hydroxylation is 1. The average Bonchev–Trinajstić information content (AvgIpc) is 3.39. The molecule has 2 aromatic rings. The van der Waals surface area contributed by atoms with E-state index in [9.17, 15) is 4.39 Å². The number of hydrogen-bond acceptors (Lipinski definition) is 2. The van der Waals surface area contributed by atoms with E-state index in [1.54, 1.807) is 24.6 Å². The van der Waals surface area contributed by atoms with E-state index in [2.05, 4.69) is 90.3 Å². The smallest absolute Gasteiger partial charge is 0.128 e. The van der Waals surface area contributed by atoms with E-state index in [1.807, 2.05) is 19.9 Å². The van der Waals surface area contributed by atoms with Crippen LogP contribution in [0.25, 0.3) is 0 Å². The summed E-state index contributed by atoms with van der Waals surface area (Å²) in [5, 5.41) is 0. The van der Waals surface area contributed by atoms with Gasteiger partial charge in [0.2, 0.25) is 0 Å². The molecule has 7 atom stereocenters. The molecule has 0 radical (unpaired) electrons. The van der Waals surface area contributed by atoms with Gasteiger partial charge in [0.25, 0.3) is 0 Å². The lowest BCUT2D eigenvalue weighted by Gasteiger charge is -2.68. The lowest BCUT2D eigenvalue weighted by atomic mass is 9.38. The van der Waals surface area contributed by atoms with Gasteiger partial charge in [0, 0.05) is 22.6 Å². The van der Waals surface area contributed by atoms with Crippen molar-refractivity contribution in [3.8, 4) is 0 Å². The lowest BCUT2D eigenvalue weighted by Crippen LogP contribution is -2.71. The van der Waals surface area contributed by atoms with Crippen LogP contribution in [0.2, 0.25) is 0 Å². The van der Waals surface area contributed by atoms with Gasteiger partial charge >= 0.3 is 0 Å². The maximum absolute atomic E-state index is 13.8. The van der Waals surface area contributed by atoms with Gasteiger partial charge in [0.05, 0.1) is 0 Å². The standard InChI is InChI=1S/C25H37N.C16H18FN.C2H6/c1-7-18(3)20-8-9-21-22(20,4)14-15-24(6)23(5)12-10-17(2)16-19(23)11-13-25(21,24)26;1-11-3-5-13(6-4-11)9-14-7-8-15(12(2)18)16(17)10-14;1-2/h10,12,16,20-21H,2-3,7-9,11,13-15,26H2,1,4-6H3;3-8,10,12H,9,18H2,1-2H3;1-2H3. The fourth-order valence-corrected chi connectivity index (χ4v) is 9.68. The van der Waals surface area contributed by atoms with Crippen molar-refractivity contribution >= 4 is 0 Å². The van der Waals surface area contributed by atoms with E-state index in [0.717, 1.165) is 36.8 Å². The Hall–Kier alpha value is -2.75. The van der Waals surface area contributed by atoms with Crippen LogP contribution in [0.4, 0.5) is 4.39 Å². The Labute approximate surface area is 280 Å². The third-order valence-corrected chi connectivity index (χ3v) is 12.8. The average molecular weight is 625 g/mol. The Balaban J connectivity index is 0.000000211. The molecule has 0 bridgehead atoms. The van der Waals surface area contributed by atoms with Crippen molar-refractivity contribution < 1.29 is 4.39 Å². The summed E-state index contributed by atoms with van der Waals surface area (Å²) in [6, 6.07) is 13.3. The summed E-state index contributed by atoms with van der Waals surface area (Å²) in [6.45, 7) is 26.2. The SMILES string of the molecule is C=C1C=CC2(C)C(=C1)CCC1(N)C3CCC(C(=C)CC)C3(C)CCC21C.CC.Cc1ccc(Cc2ccc(C(C)N)c(F)c2)cc1. The van der Waals surface area contributed by atoms with Crippen LogP contribution in [0.3, 0.4) is 0 Å². The summed E-state index contributed by atoms with van der Waals surface area (Å²) in [5.74, 6) is 1.06. The molecule has 250 valence electrons. The number of fused-ring (bicyclic) bond motifs is 5. The normalized spacial score (nSPS) is 33.2. The van der Waals surface area contributed by atoms with Crippen LogP contribution in [0.15, 0.2) is 90.6 Å². The van der Waals surface area contributed by atoms with Crippen molar-refractivity contribution in [1.82, 2.24) is 0 Å². The molecule has 0 spiro atoms. The molecule has 0 heterocycles. The quantitative estimate of drug-likeness (QED) is 0.325. The van der Waals surface area contributed by atoms with Gasteiger partial charge in [-0.05, 0) is 111 Å². The van der Waals surface area contributed by atoms with Crippen molar-refractivity contribution in [2.24, 2.45) is 39.5 Å². The minimum Gasteiger partial charge on any atom is -0.324 e. The van der Waals surface area contributed by atoms with E-state index < -0.39 is 0 Å². The maximum atomic E-state index is 13.8. The first-order valence-electron chi connectivity index (χ1n) is 17.8. The lowest BCUT2D eigenvalue weighted by molar-refractivity contribution is -0.114. The molecular weight excluding hydrogens is 563 g/mol. The number of rotatable bonds is 5. The van der Waals surface area contributed by atoms with Gasteiger partial charge in [-0.15, -0.1) is 0 Å².